The second-order valence-electron chi connectivity index (χ2n) is 5.28. The normalized spacial score (nSPS) is 11.0. The topological polar surface area (TPSA) is 70.2 Å². The zero-order valence-corrected chi connectivity index (χ0v) is 13.0. The Labute approximate surface area is 135 Å². The molecule has 3 rings (SSSR count). The number of H-pyrrole nitrogens is 1. The minimum Gasteiger partial charge on any atom is -0.481 e. The predicted molar refractivity (Wildman–Crippen MR) is 87.2 cm³/mol. The second kappa shape index (κ2) is 6.34. The first kappa shape index (κ1) is 15.4. The molecule has 0 saturated heterocycles. The van der Waals surface area contributed by atoms with E-state index in [9.17, 15) is 14.0 Å². The number of thiophene rings is 1. The van der Waals surface area contributed by atoms with Crippen molar-refractivity contribution in [1.29, 1.82) is 0 Å². The molecule has 0 atom stereocenters. The number of hydrogen-bond donors (Lipinski definition) is 2. The van der Waals surface area contributed by atoms with E-state index in [0.717, 1.165) is 21.5 Å². The average molecular weight is 331 g/mol. The number of aliphatic carboxylic acids is 1. The Morgan fingerprint density at radius 3 is 2.87 bits per heavy atom. The van der Waals surface area contributed by atoms with Crippen LogP contribution in [0.3, 0.4) is 0 Å². The molecule has 0 saturated carbocycles. The van der Waals surface area contributed by atoms with Gasteiger partial charge in [-0.15, -0.1) is 11.3 Å². The van der Waals surface area contributed by atoms with Crippen LogP contribution in [0.5, 0.6) is 0 Å². The molecule has 23 heavy (non-hydrogen) atoms. The standard InChI is InChI=1S/C17H14FNO3S/c18-14-2-1-3-15-17(14)13(8-19-15)10-6-12(23-9-10)7-11(20)4-5-16(21)22/h1-3,6,8-9,19H,4-5,7H2,(H,21,22). The van der Waals surface area contributed by atoms with Gasteiger partial charge in [0.2, 0.25) is 0 Å². The van der Waals surface area contributed by atoms with Crippen LogP contribution in [-0.2, 0) is 16.0 Å². The minimum atomic E-state index is -0.973. The van der Waals surface area contributed by atoms with Gasteiger partial charge in [0.25, 0.3) is 0 Å². The number of carbonyl (C=O) groups excluding carboxylic acids is 1. The molecule has 4 nitrogen and oxygen atoms in total. The lowest BCUT2D eigenvalue weighted by Gasteiger charge is -1.98. The molecule has 1 aromatic carbocycles. The van der Waals surface area contributed by atoms with Crippen LogP contribution >= 0.6 is 11.3 Å². The molecule has 0 aliphatic carbocycles. The van der Waals surface area contributed by atoms with Crippen molar-refractivity contribution < 1.29 is 19.1 Å². The van der Waals surface area contributed by atoms with Crippen molar-refractivity contribution in [1.82, 2.24) is 4.98 Å². The number of nitrogens with one attached hydrogen (secondary N) is 1. The van der Waals surface area contributed by atoms with Gasteiger partial charge in [0, 0.05) is 40.4 Å². The van der Waals surface area contributed by atoms with Crippen LogP contribution in [0.1, 0.15) is 17.7 Å². The molecule has 0 aliphatic heterocycles. The lowest BCUT2D eigenvalue weighted by molar-refractivity contribution is -0.138. The summed E-state index contributed by atoms with van der Waals surface area (Å²) in [6.07, 6.45) is 1.85. The number of hydrogen-bond acceptors (Lipinski definition) is 3. The van der Waals surface area contributed by atoms with Crippen molar-refractivity contribution in [3.8, 4) is 11.1 Å². The number of rotatable bonds is 6. The number of ketones is 1. The van der Waals surface area contributed by atoms with Crippen LogP contribution in [-0.4, -0.2) is 21.8 Å². The van der Waals surface area contributed by atoms with E-state index >= 15 is 0 Å². The molecule has 2 aromatic heterocycles. The number of aromatic amines is 1. The Balaban J connectivity index is 1.81. The van der Waals surface area contributed by atoms with Crippen molar-refractivity contribution in [3.05, 3.63) is 46.5 Å². The van der Waals surface area contributed by atoms with E-state index in [1.807, 2.05) is 17.5 Å². The van der Waals surface area contributed by atoms with Gasteiger partial charge in [-0.2, -0.15) is 0 Å². The fourth-order valence-electron chi connectivity index (χ4n) is 2.51. The summed E-state index contributed by atoms with van der Waals surface area (Å²) in [6.45, 7) is 0. The van der Waals surface area contributed by atoms with E-state index in [0.29, 0.717) is 5.39 Å². The van der Waals surface area contributed by atoms with Gasteiger partial charge in [-0.05, 0) is 29.1 Å². The quantitative estimate of drug-likeness (QED) is 0.717. The Hall–Kier alpha value is -2.47. The zero-order chi connectivity index (χ0) is 16.4. The number of carboxylic acids is 1. The summed E-state index contributed by atoms with van der Waals surface area (Å²) >= 11 is 1.42. The molecule has 0 amide bonds. The van der Waals surface area contributed by atoms with E-state index < -0.39 is 5.97 Å². The third kappa shape index (κ3) is 3.32. The molecule has 0 aliphatic rings. The molecule has 6 heteroatoms. The second-order valence-corrected chi connectivity index (χ2v) is 6.27. The summed E-state index contributed by atoms with van der Waals surface area (Å²) in [5.74, 6) is -1.37. The fraction of sp³-hybridized carbons (Fsp3) is 0.176. The zero-order valence-electron chi connectivity index (χ0n) is 12.1. The van der Waals surface area contributed by atoms with Gasteiger partial charge in [-0.25, -0.2) is 4.39 Å². The van der Waals surface area contributed by atoms with Crippen molar-refractivity contribution >= 4 is 34.0 Å². The largest absolute Gasteiger partial charge is 0.481 e. The summed E-state index contributed by atoms with van der Waals surface area (Å²) < 4.78 is 14.0. The molecule has 0 unspecified atom stereocenters. The molecule has 0 radical (unpaired) electrons. The minimum absolute atomic E-state index is 0.0320. The number of halogens is 1. The molecular weight excluding hydrogens is 317 g/mol. The van der Waals surface area contributed by atoms with Crippen molar-refractivity contribution in [3.63, 3.8) is 0 Å². The van der Waals surface area contributed by atoms with Gasteiger partial charge < -0.3 is 10.1 Å². The van der Waals surface area contributed by atoms with Crippen molar-refractivity contribution in [2.45, 2.75) is 19.3 Å². The lowest BCUT2D eigenvalue weighted by Crippen LogP contribution is -2.05. The third-order valence-electron chi connectivity index (χ3n) is 3.61. The highest BCUT2D eigenvalue weighted by Crippen LogP contribution is 2.33. The molecule has 118 valence electrons. The van der Waals surface area contributed by atoms with Crippen LogP contribution in [0.25, 0.3) is 22.0 Å². The third-order valence-corrected chi connectivity index (χ3v) is 4.55. The SMILES string of the molecule is O=C(O)CCC(=O)Cc1cc(-c2c[nH]c3cccc(F)c23)cs1. The van der Waals surface area contributed by atoms with Crippen LogP contribution in [0, 0.1) is 5.82 Å². The highest BCUT2D eigenvalue weighted by Gasteiger charge is 2.13. The maximum absolute atomic E-state index is 14.0. The van der Waals surface area contributed by atoms with E-state index in [1.54, 1.807) is 12.3 Å². The Bertz CT molecular complexity index is 881. The first-order valence-corrected chi connectivity index (χ1v) is 7.99. The molecular formula is C17H14FNO3S. The van der Waals surface area contributed by atoms with Crippen molar-refractivity contribution in [2.75, 3.05) is 0 Å². The highest BCUT2D eigenvalue weighted by molar-refractivity contribution is 7.10. The number of benzene rings is 1. The molecule has 3 aromatic rings. The predicted octanol–water partition coefficient (Wildman–Crippen LogP) is 4.01. The van der Waals surface area contributed by atoms with Crippen LogP contribution in [0.15, 0.2) is 35.8 Å². The molecule has 0 fully saturated rings. The van der Waals surface area contributed by atoms with Gasteiger partial charge >= 0.3 is 5.97 Å². The van der Waals surface area contributed by atoms with E-state index in [4.69, 9.17) is 5.11 Å². The van der Waals surface area contributed by atoms with E-state index in [1.165, 1.54) is 17.4 Å². The Morgan fingerprint density at radius 2 is 2.09 bits per heavy atom. The first-order chi connectivity index (χ1) is 11.0. The Morgan fingerprint density at radius 1 is 1.26 bits per heavy atom. The van der Waals surface area contributed by atoms with Gasteiger partial charge in [-0.1, -0.05) is 6.07 Å². The smallest absolute Gasteiger partial charge is 0.303 e. The number of carbonyl (C=O) groups is 2. The summed E-state index contributed by atoms with van der Waals surface area (Å²) in [4.78, 5) is 26.1. The summed E-state index contributed by atoms with van der Waals surface area (Å²) in [5.41, 5.74) is 2.34. The molecule has 0 spiro atoms. The van der Waals surface area contributed by atoms with Gasteiger partial charge in [0.05, 0.1) is 6.42 Å². The number of Topliss-reactive ketones (excluding diaryl/α,β-unsaturated/α-hetero) is 1. The Kier molecular flexibility index (Phi) is 4.25. The van der Waals surface area contributed by atoms with Crippen molar-refractivity contribution in [2.24, 2.45) is 0 Å². The summed E-state index contributed by atoms with van der Waals surface area (Å²) in [7, 11) is 0. The molecule has 2 N–H and O–H groups in total. The molecule has 2 heterocycles. The maximum atomic E-state index is 14.0. The number of fused-ring (bicyclic) bond motifs is 1. The van der Waals surface area contributed by atoms with Crippen LogP contribution < -0.4 is 0 Å². The van der Waals surface area contributed by atoms with Crippen LogP contribution in [0.4, 0.5) is 4.39 Å². The lowest BCUT2D eigenvalue weighted by atomic mass is 10.1. The van der Waals surface area contributed by atoms with Gasteiger partial charge in [0.15, 0.2) is 0 Å². The summed E-state index contributed by atoms with van der Waals surface area (Å²) in [5, 5.41) is 11.0. The number of aromatic nitrogens is 1. The highest BCUT2D eigenvalue weighted by atomic mass is 32.1. The molecule has 0 bridgehead atoms. The van der Waals surface area contributed by atoms with Crippen LogP contribution in [0.2, 0.25) is 0 Å². The first-order valence-electron chi connectivity index (χ1n) is 7.11. The van der Waals surface area contributed by atoms with E-state index in [2.05, 4.69) is 4.98 Å². The fourth-order valence-corrected chi connectivity index (χ4v) is 3.42. The van der Waals surface area contributed by atoms with E-state index in [-0.39, 0.29) is 30.9 Å². The monoisotopic (exact) mass is 331 g/mol. The number of carboxylic acid groups (broad SMARTS) is 1. The summed E-state index contributed by atoms with van der Waals surface area (Å²) in [6, 6.07) is 6.74. The van der Waals surface area contributed by atoms with Gasteiger partial charge in [0.1, 0.15) is 11.6 Å². The maximum Gasteiger partial charge on any atom is 0.303 e. The average Bonchev–Trinajstić information content (AvgIpc) is 3.12. The van der Waals surface area contributed by atoms with Gasteiger partial charge in [-0.3, -0.25) is 9.59 Å².